The summed E-state index contributed by atoms with van der Waals surface area (Å²) in [6.45, 7) is -0.328. The van der Waals surface area contributed by atoms with Crippen molar-refractivity contribution >= 4 is 35.8 Å². The predicted octanol–water partition coefficient (Wildman–Crippen LogP) is 5.78. The molecule has 5 rings (SSSR count). The first-order chi connectivity index (χ1) is 27.7. The number of carbonyl (C=O) groups excluding carboxylic acids is 5. The summed E-state index contributed by atoms with van der Waals surface area (Å²) >= 11 is 0. The van der Waals surface area contributed by atoms with Crippen molar-refractivity contribution in [3.8, 4) is 0 Å². The Hall–Kier alpha value is -6.50. The van der Waals surface area contributed by atoms with E-state index in [9.17, 15) is 33.9 Å². The number of benzene rings is 4. The molecule has 0 saturated carbocycles. The SMILES string of the molecule is O=C(NCCCC[C@@H](C(=O)N1CCC[C@H]1C(=O)O)N(CC(=O)[C@H](Cc1ccccc1)NC(=O)c1ccccc1)C(=O)OCc1ccccc1)OCc1ccccc1. The molecule has 1 aliphatic rings. The quantitative estimate of drug-likeness (QED) is 0.1000. The zero-order chi connectivity index (χ0) is 40.4. The maximum absolute atomic E-state index is 14.4. The fourth-order valence-corrected chi connectivity index (χ4v) is 6.63. The summed E-state index contributed by atoms with van der Waals surface area (Å²) in [5.41, 5.74) is 2.59. The number of carboxylic acid groups (broad SMARTS) is 1. The first-order valence-electron chi connectivity index (χ1n) is 19.1. The molecule has 0 spiro atoms. The number of aliphatic carboxylic acids is 1. The number of likely N-dealkylation sites (tertiary alicyclic amines) is 1. The van der Waals surface area contributed by atoms with Gasteiger partial charge in [-0.2, -0.15) is 0 Å². The van der Waals surface area contributed by atoms with Gasteiger partial charge in [-0.1, -0.05) is 109 Å². The third-order valence-corrected chi connectivity index (χ3v) is 9.65. The molecule has 3 atom stereocenters. The molecule has 0 unspecified atom stereocenters. The van der Waals surface area contributed by atoms with Crippen molar-refractivity contribution in [1.82, 2.24) is 20.4 Å². The lowest BCUT2D eigenvalue weighted by Gasteiger charge is -2.34. The van der Waals surface area contributed by atoms with E-state index >= 15 is 0 Å². The second-order valence-corrected chi connectivity index (χ2v) is 13.7. The molecule has 0 aliphatic carbocycles. The lowest BCUT2D eigenvalue weighted by atomic mass is 10.00. The van der Waals surface area contributed by atoms with Crippen molar-refractivity contribution in [2.24, 2.45) is 0 Å². The van der Waals surface area contributed by atoms with Gasteiger partial charge in [0.25, 0.3) is 5.91 Å². The molecule has 3 N–H and O–H groups in total. The highest BCUT2D eigenvalue weighted by atomic mass is 16.6. The van der Waals surface area contributed by atoms with E-state index in [2.05, 4.69) is 10.6 Å². The summed E-state index contributed by atoms with van der Waals surface area (Å²) in [6.07, 6.45) is -0.0814. The molecule has 1 heterocycles. The number of hydrogen-bond acceptors (Lipinski definition) is 8. The normalized spacial score (nSPS) is 14.5. The van der Waals surface area contributed by atoms with Crippen molar-refractivity contribution in [1.29, 1.82) is 0 Å². The molecule has 1 saturated heterocycles. The van der Waals surface area contributed by atoms with E-state index in [-0.39, 0.29) is 45.6 Å². The lowest BCUT2D eigenvalue weighted by molar-refractivity contribution is -0.150. The summed E-state index contributed by atoms with van der Waals surface area (Å²) < 4.78 is 11.0. The molecule has 13 nitrogen and oxygen atoms in total. The molecule has 4 amide bonds. The average molecular weight is 777 g/mol. The first kappa shape index (κ1) is 41.7. The smallest absolute Gasteiger partial charge is 0.411 e. The maximum Gasteiger partial charge on any atom is 0.411 e. The fourth-order valence-electron chi connectivity index (χ4n) is 6.63. The molecule has 1 fully saturated rings. The largest absolute Gasteiger partial charge is 0.480 e. The maximum atomic E-state index is 14.4. The van der Waals surface area contributed by atoms with Crippen LogP contribution < -0.4 is 10.6 Å². The number of carboxylic acids is 1. The van der Waals surface area contributed by atoms with Gasteiger partial charge in [0.2, 0.25) is 5.91 Å². The number of alkyl carbamates (subject to hydrolysis) is 1. The predicted molar refractivity (Wildman–Crippen MR) is 211 cm³/mol. The molecule has 13 heteroatoms. The zero-order valence-corrected chi connectivity index (χ0v) is 31.7. The minimum Gasteiger partial charge on any atom is -0.480 e. The van der Waals surface area contributed by atoms with Gasteiger partial charge < -0.3 is 30.1 Å². The molecule has 1 aliphatic heterocycles. The Morgan fingerprint density at radius 2 is 1.30 bits per heavy atom. The van der Waals surface area contributed by atoms with Crippen LogP contribution in [0, 0.1) is 0 Å². The molecular weight excluding hydrogens is 729 g/mol. The van der Waals surface area contributed by atoms with E-state index in [1.54, 1.807) is 54.6 Å². The fraction of sp³-hybridized carbons (Fsp3) is 0.318. The van der Waals surface area contributed by atoms with Gasteiger partial charge in [0.1, 0.15) is 25.3 Å². The number of hydrogen-bond donors (Lipinski definition) is 3. The van der Waals surface area contributed by atoms with E-state index in [1.807, 2.05) is 66.7 Å². The highest BCUT2D eigenvalue weighted by Crippen LogP contribution is 2.23. The Bertz CT molecular complexity index is 1930. The van der Waals surface area contributed by atoms with Gasteiger partial charge in [0.05, 0.1) is 12.6 Å². The Labute approximate surface area is 332 Å². The zero-order valence-electron chi connectivity index (χ0n) is 31.7. The number of amides is 4. The van der Waals surface area contributed by atoms with Gasteiger partial charge in [-0.3, -0.25) is 19.3 Å². The Morgan fingerprint density at radius 1 is 0.737 bits per heavy atom. The third kappa shape index (κ3) is 12.8. The molecule has 4 aromatic carbocycles. The molecular formula is C44H48N4O9. The number of carbonyl (C=O) groups is 6. The van der Waals surface area contributed by atoms with E-state index in [0.717, 1.165) is 16.0 Å². The van der Waals surface area contributed by atoms with Crippen LogP contribution in [0.1, 0.15) is 59.2 Å². The van der Waals surface area contributed by atoms with Crippen LogP contribution in [0.2, 0.25) is 0 Å². The van der Waals surface area contributed by atoms with Gasteiger partial charge in [-0.25, -0.2) is 14.4 Å². The highest BCUT2D eigenvalue weighted by molar-refractivity contribution is 5.99. The Kier molecular flexibility index (Phi) is 15.8. The summed E-state index contributed by atoms with van der Waals surface area (Å²) in [7, 11) is 0. The molecule has 0 radical (unpaired) electrons. The second-order valence-electron chi connectivity index (χ2n) is 13.7. The van der Waals surface area contributed by atoms with Crippen molar-refractivity contribution < 1.29 is 43.3 Å². The van der Waals surface area contributed by atoms with Crippen LogP contribution in [0.4, 0.5) is 9.59 Å². The highest BCUT2D eigenvalue weighted by Gasteiger charge is 2.42. The summed E-state index contributed by atoms with van der Waals surface area (Å²) in [6, 6.07) is 32.1. The number of unbranched alkanes of at least 4 members (excludes halogenated alkanes) is 1. The van der Waals surface area contributed by atoms with Crippen LogP contribution in [-0.4, -0.2) is 88.4 Å². The standard InChI is InChI=1S/C44H48N4O9/c49-39(36(28-32-16-5-1-6-17-32)46-40(50)35-22-11-4-12-23-35)29-48(44(55)57-31-34-20-9-3-10-21-34)37(41(51)47-27-15-25-38(47)42(52)53)24-13-14-26-45-43(54)56-30-33-18-7-2-8-19-33/h1-12,16-23,36-38H,13-15,24-31H2,(H,45,54)(H,46,50)(H,52,53)/t36-,37-,38-/m0/s1. The van der Waals surface area contributed by atoms with Crippen LogP contribution in [-0.2, 0) is 43.5 Å². The third-order valence-electron chi connectivity index (χ3n) is 9.65. The van der Waals surface area contributed by atoms with Crippen LogP contribution in [0.3, 0.4) is 0 Å². The van der Waals surface area contributed by atoms with Gasteiger partial charge in [-0.05, 0) is 67.3 Å². The van der Waals surface area contributed by atoms with Gasteiger partial charge in [-0.15, -0.1) is 0 Å². The molecule has 0 bridgehead atoms. The van der Waals surface area contributed by atoms with Gasteiger partial charge in [0, 0.05) is 18.7 Å². The average Bonchev–Trinajstić information content (AvgIpc) is 3.74. The Morgan fingerprint density at radius 3 is 1.89 bits per heavy atom. The Balaban J connectivity index is 1.38. The van der Waals surface area contributed by atoms with Crippen LogP contribution in [0.25, 0.3) is 0 Å². The molecule has 4 aromatic rings. The second kappa shape index (κ2) is 21.6. The van der Waals surface area contributed by atoms with E-state index in [4.69, 9.17) is 9.47 Å². The minimum atomic E-state index is -1.30. The van der Waals surface area contributed by atoms with Crippen LogP contribution in [0.5, 0.6) is 0 Å². The number of rotatable bonds is 19. The molecule has 57 heavy (non-hydrogen) atoms. The molecule has 0 aromatic heterocycles. The van der Waals surface area contributed by atoms with Crippen molar-refractivity contribution in [3.05, 3.63) is 144 Å². The van der Waals surface area contributed by atoms with Gasteiger partial charge in [0.15, 0.2) is 5.78 Å². The lowest BCUT2D eigenvalue weighted by Crippen LogP contribution is -2.56. The van der Waals surface area contributed by atoms with Crippen LogP contribution >= 0.6 is 0 Å². The summed E-state index contributed by atoms with van der Waals surface area (Å²) in [4.78, 5) is 83.2. The van der Waals surface area contributed by atoms with Gasteiger partial charge >= 0.3 is 18.2 Å². The van der Waals surface area contributed by atoms with E-state index in [0.29, 0.717) is 30.4 Å². The number of nitrogens with zero attached hydrogens (tertiary/aromatic N) is 2. The van der Waals surface area contributed by atoms with Crippen molar-refractivity contribution in [2.75, 3.05) is 19.6 Å². The monoisotopic (exact) mass is 776 g/mol. The first-order valence-corrected chi connectivity index (χ1v) is 19.1. The topological polar surface area (TPSA) is 172 Å². The summed E-state index contributed by atoms with van der Waals surface area (Å²) in [5.74, 6) is -2.85. The number of Topliss-reactive ketones (excluding diaryl/α,β-unsaturated/α-hetero) is 1. The van der Waals surface area contributed by atoms with Crippen LogP contribution in [0.15, 0.2) is 121 Å². The van der Waals surface area contributed by atoms with E-state index < -0.39 is 60.4 Å². The number of ether oxygens (including phenoxy) is 2. The number of nitrogens with one attached hydrogen (secondary N) is 2. The molecule has 298 valence electrons. The van der Waals surface area contributed by atoms with Crippen molar-refractivity contribution in [2.45, 2.75) is 69.9 Å². The number of ketones is 1. The summed E-state index contributed by atoms with van der Waals surface area (Å²) in [5, 5.41) is 15.5. The van der Waals surface area contributed by atoms with Crippen molar-refractivity contribution in [3.63, 3.8) is 0 Å². The van der Waals surface area contributed by atoms with E-state index in [1.165, 1.54) is 4.90 Å². The minimum absolute atomic E-state index is 0.0237.